The first-order chi connectivity index (χ1) is 13.5. The first-order valence-corrected chi connectivity index (χ1v) is 12.2. The van der Waals surface area contributed by atoms with Crippen LogP contribution >= 0.6 is 0 Å². The molecule has 4 saturated carbocycles. The zero-order valence-corrected chi connectivity index (χ0v) is 18.0. The minimum atomic E-state index is 0.426. The molecule has 1 aromatic carbocycles. The largest absolute Gasteiger partial charge is 0.299 e. The highest BCUT2D eigenvalue weighted by Crippen LogP contribution is 2.50. The third kappa shape index (κ3) is 3.71. The Bertz CT molecular complexity index is 723. The lowest BCUT2D eigenvalue weighted by Gasteiger charge is -2.38. The van der Waals surface area contributed by atoms with Gasteiger partial charge in [0, 0.05) is 11.8 Å². The molecule has 0 unspecified atom stereocenters. The number of rotatable bonds is 5. The van der Waals surface area contributed by atoms with Gasteiger partial charge in [0.05, 0.1) is 0 Å². The van der Waals surface area contributed by atoms with Crippen LogP contribution in [0, 0.1) is 30.6 Å². The average molecular weight is 379 g/mol. The van der Waals surface area contributed by atoms with Gasteiger partial charge in [0.1, 0.15) is 5.78 Å². The maximum absolute atomic E-state index is 12.4. The third-order valence-corrected chi connectivity index (χ3v) is 8.98. The predicted molar refractivity (Wildman–Crippen MR) is 116 cm³/mol. The Kier molecular flexibility index (Phi) is 4.92. The number of benzene rings is 1. The van der Waals surface area contributed by atoms with Crippen LogP contribution < -0.4 is 0 Å². The Morgan fingerprint density at radius 2 is 1.36 bits per heavy atom. The summed E-state index contributed by atoms with van der Waals surface area (Å²) in [7, 11) is 0. The molecule has 0 atom stereocenters. The van der Waals surface area contributed by atoms with E-state index in [1.54, 1.807) is 11.1 Å². The van der Waals surface area contributed by atoms with E-state index in [1.165, 1.54) is 82.6 Å². The van der Waals surface area contributed by atoms with Crippen LogP contribution in [0.1, 0.15) is 107 Å². The van der Waals surface area contributed by atoms with Crippen LogP contribution in [0.4, 0.5) is 0 Å². The molecule has 1 nitrogen and oxygen atoms in total. The third-order valence-electron chi connectivity index (χ3n) is 8.98. The molecule has 0 N–H and O–H groups in total. The van der Waals surface area contributed by atoms with Crippen LogP contribution in [0.25, 0.3) is 0 Å². The second kappa shape index (κ2) is 7.29. The molecule has 0 heterocycles. The van der Waals surface area contributed by atoms with E-state index in [-0.39, 0.29) is 0 Å². The van der Waals surface area contributed by atoms with Crippen molar-refractivity contribution in [1.29, 1.82) is 0 Å². The molecule has 0 amide bonds. The normalized spacial score (nSPS) is 34.8. The Morgan fingerprint density at radius 1 is 0.821 bits per heavy atom. The van der Waals surface area contributed by atoms with E-state index in [0.29, 0.717) is 23.0 Å². The van der Waals surface area contributed by atoms with Gasteiger partial charge in [0.25, 0.3) is 0 Å². The van der Waals surface area contributed by atoms with Gasteiger partial charge in [-0.1, -0.05) is 25.1 Å². The smallest absolute Gasteiger partial charge is 0.139 e. The van der Waals surface area contributed by atoms with E-state index in [4.69, 9.17) is 0 Å². The van der Waals surface area contributed by atoms with Crippen molar-refractivity contribution in [2.75, 3.05) is 0 Å². The van der Waals surface area contributed by atoms with Gasteiger partial charge in [-0.15, -0.1) is 0 Å². The molecule has 1 heteroatoms. The van der Waals surface area contributed by atoms with Gasteiger partial charge < -0.3 is 0 Å². The second-order valence-electron chi connectivity index (χ2n) is 11.0. The molecule has 5 rings (SSSR count). The first-order valence-electron chi connectivity index (χ1n) is 12.2. The molecular formula is C27H38O. The number of carbonyl (C=O) groups is 1. The highest BCUT2D eigenvalue weighted by molar-refractivity contribution is 5.85. The Morgan fingerprint density at radius 3 is 1.89 bits per heavy atom. The molecule has 4 aliphatic rings. The molecular weight excluding hydrogens is 340 g/mol. The lowest BCUT2D eigenvalue weighted by atomic mass is 9.67. The summed E-state index contributed by atoms with van der Waals surface area (Å²) in [6, 6.07) is 7.38. The first kappa shape index (κ1) is 18.9. The number of aryl methyl sites for hydroxylation is 1. The molecule has 28 heavy (non-hydrogen) atoms. The monoisotopic (exact) mass is 378 g/mol. The number of carbonyl (C=O) groups excluding carboxylic acids is 1. The fourth-order valence-corrected chi connectivity index (χ4v) is 6.50. The summed E-state index contributed by atoms with van der Waals surface area (Å²) in [5.41, 5.74) is 5.22. The van der Waals surface area contributed by atoms with Crippen molar-refractivity contribution in [2.45, 2.75) is 102 Å². The van der Waals surface area contributed by atoms with Gasteiger partial charge in [0.15, 0.2) is 0 Å². The van der Waals surface area contributed by atoms with Crippen molar-refractivity contribution in [3.63, 3.8) is 0 Å². The van der Waals surface area contributed by atoms with Crippen LogP contribution in [0.5, 0.6) is 0 Å². The van der Waals surface area contributed by atoms with Crippen molar-refractivity contribution in [3.8, 4) is 0 Å². The SMILES string of the molecule is Cc1ccc(C2CCC(C3CCC(C(=O)C4CC4)CC3)CC2)cc1C1(C)CC1. The molecule has 4 fully saturated rings. The van der Waals surface area contributed by atoms with E-state index < -0.39 is 0 Å². The zero-order valence-electron chi connectivity index (χ0n) is 18.0. The summed E-state index contributed by atoms with van der Waals surface area (Å²) < 4.78 is 0. The number of hydrogen-bond donors (Lipinski definition) is 0. The molecule has 152 valence electrons. The maximum atomic E-state index is 12.4. The van der Waals surface area contributed by atoms with Gasteiger partial charge in [-0.3, -0.25) is 4.79 Å². The lowest BCUT2D eigenvalue weighted by Crippen LogP contribution is -2.28. The highest BCUT2D eigenvalue weighted by Gasteiger charge is 2.41. The molecule has 0 aromatic heterocycles. The fraction of sp³-hybridized carbons (Fsp3) is 0.741. The topological polar surface area (TPSA) is 17.1 Å². The van der Waals surface area contributed by atoms with E-state index in [0.717, 1.165) is 17.8 Å². The van der Waals surface area contributed by atoms with Crippen molar-refractivity contribution in [1.82, 2.24) is 0 Å². The zero-order chi connectivity index (χ0) is 19.3. The van der Waals surface area contributed by atoms with E-state index >= 15 is 0 Å². The molecule has 1 aromatic rings. The second-order valence-corrected chi connectivity index (χ2v) is 11.0. The lowest BCUT2D eigenvalue weighted by molar-refractivity contribution is -0.125. The summed E-state index contributed by atoms with van der Waals surface area (Å²) in [5.74, 6) is 4.14. The number of Topliss-reactive ketones (excluding diaryl/α,β-unsaturated/α-hetero) is 1. The summed E-state index contributed by atoms with van der Waals surface area (Å²) in [5, 5.41) is 0. The van der Waals surface area contributed by atoms with Crippen molar-refractivity contribution >= 4 is 5.78 Å². The Labute approximate surface area is 171 Å². The summed E-state index contributed by atoms with van der Waals surface area (Å²) in [6.07, 6.45) is 15.7. The summed E-state index contributed by atoms with van der Waals surface area (Å²) in [4.78, 5) is 12.4. The maximum Gasteiger partial charge on any atom is 0.139 e. The Balaban J connectivity index is 1.15. The van der Waals surface area contributed by atoms with Crippen LogP contribution in [0.15, 0.2) is 18.2 Å². The molecule has 0 aliphatic heterocycles. The summed E-state index contributed by atoms with van der Waals surface area (Å²) >= 11 is 0. The van der Waals surface area contributed by atoms with Crippen LogP contribution in [0.2, 0.25) is 0 Å². The minimum absolute atomic E-state index is 0.426. The van der Waals surface area contributed by atoms with Gasteiger partial charge in [-0.2, -0.15) is 0 Å². The predicted octanol–water partition coefficient (Wildman–Crippen LogP) is 7.11. The van der Waals surface area contributed by atoms with Gasteiger partial charge in [-0.25, -0.2) is 0 Å². The number of hydrogen-bond acceptors (Lipinski definition) is 1. The van der Waals surface area contributed by atoms with Crippen LogP contribution in [0.3, 0.4) is 0 Å². The molecule has 0 spiro atoms. The summed E-state index contributed by atoms with van der Waals surface area (Å²) in [6.45, 7) is 4.74. The van der Waals surface area contributed by atoms with Crippen LogP contribution in [-0.2, 0) is 10.2 Å². The minimum Gasteiger partial charge on any atom is -0.299 e. The molecule has 4 aliphatic carbocycles. The van der Waals surface area contributed by atoms with Crippen LogP contribution in [-0.4, -0.2) is 5.78 Å². The molecule has 0 saturated heterocycles. The quantitative estimate of drug-likeness (QED) is 0.534. The van der Waals surface area contributed by atoms with Gasteiger partial charge >= 0.3 is 0 Å². The average Bonchev–Trinajstić information content (AvgIpc) is 3.65. The van der Waals surface area contributed by atoms with Gasteiger partial charge in [-0.05, 0) is 124 Å². The fourth-order valence-electron chi connectivity index (χ4n) is 6.50. The van der Waals surface area contributed by atoms with Crippen molar-refractivity contribution < 1.29 is 4.79 Å². The highest BCUT2D eigenvalue weighted by atomic mass is 16.1. The molecule has 0 radical (unpaired) electrons. The van der Waals surface area contributed by atoms with Crippen molar-refractivity contribution in [2.24, 2.45) is 23.7 Å². The van der Waals surface area contributed by atoms with E-state index in [1.807, 2.05) is 0 Å². The Hall–Kier alpha value is -1.11. The van der Waals surface area contributed by atoms with E-state index in [9.17, 15) is 4.79 Å². The van der Waals surface area contributed by atoms with Crippen molar-refractivity contribution in [3.05, 3.63) is 34.9 Å². The standard InChI is InChI=1S/C27H38O/c1-18-3-4-24(17-25(18)27(2)15-16-27)21-7-5-19(6-8-21)20-9-11-22(12-10-20)26(28)23-13-14-23/h3-4,17,19-23H,5-16H2,1-2H3. The van der Waals surface area contributed by atoms with Gasteiger partial charge in [0.2, 0.25) is 0 Å². The van der Waals surface area contributed by atoms with E-state index in [2.05, 4.69) is 32.0 Å². The molecule has 0 bridgehead atoms. The number of ketones is 1.